The molecule has 0 N–H and O–H groups in total. The highest BCUT2D eigenvalue weighted by Crippen LogP contribution is 2.66. The Morgan fingerprint density at radius 3 is 1.23 bits per heavy atom. The van der Waals surface area contributed by atoms with Gasteiger partial charge in [-0.2, -0.15) is 26.3 Å². The molecule has 6 aromatic rings. The number of halogens is 6. The van der Waals surface area contributed by atoms with Crippen LogP contribution in [-0.2, 0) is 33.1 Å². The van der Waals surface area contributed by atoms with Gasteiger partial charge in [0.15, 0.2) is 11.5 Å². The zero-order valence-electron chi connectivity index (χ0n) is 33.2. The number of ether oxygens (including phenoxy) is 2. The van der Waals surface area contributed by atoms with Gasteiger partial charge in [-0.05, 0) is 111 Å². The molecule has 2 fully saturated rings. The van der Waals surface area contributed by atoms with Crippen LogP contribution in [0.1, 0.15) is 128 Å². The number of carbonyl (C=O) groups excluding carboxylic acids is 4. The second-order valence-electron chi connectivity index (χ2n) is 17.2. The first-order valence-electron chi connectivity index (χ1n) is 20.8. The molecular weight excluding hydrogens is 915 g/mol. The van der Waals surface area contributed by atoms with Gasteiger partial charge in [-0.25, -0.2) is 0 Å². The summed E-state index contributed by atoms with van der Waals surface area (Å²) in [6.07, 6.45) is 2.73. The van der Waals surface area contributed by atoms with Crippen molar-refractivity contribution in [3.8, 4) is 31.0 Å². The van der Waals surface area contributed by atoms with E-state index in [1.54, 1.807) is 34.8 Å². The average Bonchev–Trinajstić information content (AvgIpc) is 4.12. The number of ketones is 4. The van der Waals surface area contributed by atoms with E-state index < -0.39 is 57.8 Å². The van der Waals surface area contributed by atoms with Gasteiger partial charge in [0.1, 0.15) is 11.2 Å². The Morgan fingerprint density at radius 2 is 0.859 bits per heavy atom. The van der Waals surface area contributed by atoms with Crippen LogP contribution in [0, 0.1) is 0 Å². The summed E-state index contributed by atoms with van der Waals surface area (Å²) < 4.78 is 97.6. The number of fused-ring (bicyclic) bond motifs is 13. The summed E-state index contributed by atoms with van der Waals surface area (Å²) in [5, 5.41) is 0. The zero-order chi connectivity index (χ0) is 44.2. The lowest BCUT2D eigenvalue weighted by molar-refractivity contribution is -0.138. The predicted octanol–water partition coefficient (Wildman–Crippen LogP) is 14.2. The average molecular weight is 945 g/mol. The summed E-state index contributed by atoms with van der Waals surface area (Å²) in [5.41, 5.74) is -1.37. The maximum atomic E-state index is 13.6. The van der Waals surface area contributed by atoms with Crippen molar-refractivity contribution in [3.05, 3.63) is 103 Å². The molecule has 0 unspecified atom stereocenters. The summed E-state index contributed by atoms with van der Waals surface area (Å²) in [6, 6.07) is 9.68. The SMILES string of the molecule is O=C1C(=O)c2cc(C(F)(F)F)ccc2/C1=C/c1cc2c(s1)-c1sc3c4c(sc3c1OC21CCCCC1)-c1sc(/C=C2\C(=O)C(=O)c3cc(C(F)(F)F)ccc32)cc1C1(CCCCC1)O4. The standard InChI is InChI=1S/C48H30F6O6S4/c49-47(50,51)21-7-9-25-27(15-21)33(55)35(57)29(25)17-23-19-31-39(61-23)41-37(59-45(31)11-3-1-4-12-45)43-44(63-41)38-42(64-43)40-32(46(60-38)13-5-2-6-14-46)20-24(62-40)18-30-26-10-8-22(48(52,53)54)16-28(26)34(56)36(30)58/h7-10,15-20H,1-6,11-14H2/b29-17-,30-18-. The molecule has 2 aliphatic heterocycles. The normalized spacial score (nSPS) is 20.7. The van der Waals surface area contributed by atoms with E-state index in [1.165, 1.54) is 34.8 Å². The van der Waals surface area contributed by atoms with Crippen molar-refractivity contribution < 1.29 is 55.0 Å². The third-order valence-electron chi connectivity index (χ3n) is 13.5. The topological polar surface area (TPSA) is 86.7 Å². The van der Waals surface area contributed by atoms with Crippen LogP contribution in [0.15, 0.2) is 48.5 Å². The van der Waals surface area contributed by atoms with Crippen LogP contribution in [0.5, 0.6) is 11.5 Å². The van der Waals surface area contributed by atoms with Gasteiger partial charge in [0.05, 0.1) is 40.0 Å². The molecule has 2 aromatic carbocycles. The van der Waals surface area contributed by atoms with Gasteiger partial charge in [-0.3, -0.25) is 19.2 Å². The Labute approximate surface area is 375 Å². The third kappa shape index (κ3) is 5.80. The number of allylic oxidation sites excluding steroid dienone is 2. The lowest BCUT2D eigenvalue weighted by Gasteiger charge is -2.41. The van der Waals surface area contributed by atoms with Gasteiger partial charge in [-0.1, -0.05) is 25.0 Å². The fourth-order valence-corrected chi connectivity index (χ4v) is 15.7. The summed E-state index contributed by atoms with van der Waals surface area (Å²) in [6.45, 7) is 0. The quantitative estimate of drug-likeness (QED) is 0.0976. The van der Waals surface area contributed by atoms with E-state index in [-0.39, 0.29) is 33.4 Å². The molecule has 0 atom stereocenters. The van der Waals surface area contributed by atoms with Crippen LogP contribution in [0.4, 0.5) is 26.3 Å². The highest BCUT2D eigenvalue weighted by atomic mass is 32.1. The van der Waals surface area contributed by atoms with Gasteiger partial charge >= 0.3 is 12.4 Å². The maximum Gasteiger partial charge on any atom is 0.416 e. The van der Waals surface area contributed by atoms with Crippen molar-refractivity contribution in [1.29, 1.82) is 0 Å². The molecule has 2 saturated carbocycles. The molecule has 16 heteroatoms. The molecule has 4 aliphatic carbocycles. The molecule has 12 rings (SSSR count). The van der Waals surface area contributed by atoms with Crippen LogP contribution in [0.25, 0.3) is 52.2 Å². The molecule has 0 radical (unpaired) electrons. The zero-order valence-corrected chi connectivity index (χ0v) is 36.5. The lowest BCUT2D eigenvalue weighted by Crippen LogP contribution is -2.37. The largest absolute Gasteiger partial charge is 0.479 e. The van der Waals surface area contributed by atoms with Crippen molar-refractivity contribution in [2.24, 2.45) is 0 Å². The molecule has 0 saturated heterocycles. The number of Topliss-reactive ketones (excluding diaryl/α,β-unsaturated/α-hetero) is 4. The van der Waals surface area contributed by atoms with Crippen LogP contribution in [0.2, 0.25) is 0 Å². The number of carbonyl (C=O) groups is 4. The van der Waals surface area contributed by atoms with Crippen molar-refractivity contribution >= 4 is 101 Å². The van der Waals surface area contributed by atoms with Gasteiger partial charge in [0.2, 0.25) is 23.1 Å². The summed E-state index contributed by atoms with van der Waals surface area (Å²) in [4.78, 5) is 57.8. The van der Waals surface area contributed by atoms with Gasteiger partial charge < -0.3 is 9.47 Å². The first-order chi connectivity index (χ1) is 30.5. The first kappa shape index (κ1) is 40.4. The Bertz CT molecular complexity index is 2980. The molecule has 2 spiro atoms. The second-order valence-corrected chi connectivity index (χ2v) is 21.4. The molecule has 0 bridgehead atoms. The number of rotatable bonds is 2. The molecular formula is C48H30F6O6S4. The van der Waals surface area contributed by atoms with E-state index in [0.717, 1.165) is 140 Å². The second kappa shape index (κ2) is 13.7. The highest BCUT2D eigenvalue weighted by Gasteiger charge is 2.49. The van der Waals surface area contributed by atoms with Gasteiger partial charge in [0.25, 0.3) is 0 Å². The fraction of sp³-hybridized carbons (Fsp3) is 0.292. The first-order valence-corrected chi connectivity index (χ1v) is 24.1. The van der Waals surface area contributed by atoms with E-state index in [2.05, 4.69) is 0 Å². The molecule has 324 valence electrons. The van der Waals surface area contributed by atoms with Crippen molar-refractivity contribution in [3.63, 3.8) is 0 Å². The minimum Gasteiger partial charge on any atom is -0.479 e. The fourth-order valence-electron chi connectivity index (χ4n) is 10.4. The van der Waals surface area contributed by atoms with E-state index in [0.29, 0.717) is 9.75 Å². The van der Waals surface area contributed by atoms with Crippen LogP contribution < -0.4 is 9.47 Å². The maximum absolute atomic E-state index is 13.6. The third-order valence-corrected chi connectivity index (χ3v) is 18.5. The molecule has 4 aromatic heterocycles. The molecule has 0 amide bonds. The van der Waals surface area contributed by atoms with E-state index in [1.807, 2.05) is 12.1 Å². The van der Waals surface area contributed by atoms with Gasteiger partial charge in [-0.15, -0.1) is 45.3 Å². The minimum atomic E-state index is -4.67. The number of hydrogen-bond acceptors (Lipinski definition) is 10. The Balaban J connectivity index is 0.980. The van der Waals surface area contributed by atoms with Crippen molar-refractivity contribution in [1.82, 2.24) is 0 Å². The van der Waals surface area contributed by atoms with Crippen LogP contribution in [0.3, 0.4) is 0 Å². The number of thiophene rings is 4. The minimum absolute atomic E-state index is 0.0593. The molecule has 6 aliphatic rings. The monoisotopic (exact) mass is 944 g/mol. The number of hydrogen-bond donors (Lipinski definition) is 0. The van der Waals surface area contributed by atoms with E-state index in [4.69, 9.17) is 9.47 Å². The summed E-state index contributed by atoms with van der Waals surface area (Å²) in [7, 11) is 0. The Kier molecular flexibility index (Phi) is 8.63. The number of alkyl halides is 6. The smallest absolute Gasteiger partial charge is 0.416 e. The Hall–Kier alpha value is -5.16. The summed E-state index contributed by atoms with van der Waals surface area (Å²) >= 11 is 6.05. The van der Waals surface area contributed by atoms with Crippen LogP contribution in [-0.4, -0.2) is 23.1 Å². The molecule has 64 heavy (non-hydrogen) atoms. The van der Waals surface area contributed by atoms with Gasteiger partial charge in [0, 0.05) is 43.2 Å². The summed E-state index contributed by atoms with van der Waals surface area (Å²) in [5.74, 6) is -2.12. The molecule has 6 heterocycles. The lowest BCUT2D eigenvalue weighted by atomic mass is 9.78. The van der Waals surface area contributed by atoms with E-state index >= 15 is 0 Å². The number of benzene rings is 2. The molecule has 6 nitrogen and oxygen atoms in total. The highest BCUT2D eigenvalue weighted by molar-refractivity contribution is 7.35. The Morgan fingerprint density at radius 1 is 0.469 bits per heavy atom. The van der Waals surface area contributed by atoms with E-state index in [9.17, 15) is 45.5 Å². The van der Waals surface area contributed by atoms with Crippen molar-refractivity contribution in [2.75, 3.05) is 0 Å². The van der Waals surface area contributed by atoms with Crippen molar-refractivity contribution in [2.45, 2.75) is 87.8 Å². The predicted molar refractivity (Wildman–Crippen MR) is 234 cm³/mol. The van der Waals surface area contributed by atoms with Crippen LogP contribution >= 0.6 is 45.3 Å².